The van der Waals surface area contributed by atoms with E-state index in [0.717, 1.165) is 19.2 Å². The smallest absolute Gasteiger partial charge is 0.266 e. The van der Waals surface area contributed by atoms with E-state index in [9.17, 15) is 22.8 Å². The summed E-state index contributed by atoms with van der Waals surface area (Å²) < 4.78 is 48.6. The molecule has 38 heavy (non-hydrogen) atoms. The van der Waals surface area contributed by atoms with Crippen molar-refractivity contribution in [1.82, 2.24) is 14.8 Å². The zero-order chi connectivity index (χ0) is 27.4. The van der Waals surface area contributed by atoms with Gasteiger partial charge in [-0.3, -0.25) is 9.59 Å². The lowest BCUT2D eigenvalue weighted by molar-refractivity contribution is -0.0695. The third kappa shape index (κ3) is 5.20. The van der Waals surface area contributed by atoms with Crippen molar-refractivity contribution in [2.45, 2.75) is 63.8 Å². The molecule has 2 N–H and O–H groups in total. The normalized spacial score (nSPS) is 27.2. The summed E-state index contributed by atoms with van der Waals surface area (Å²) >= 11 is 0. The summed E-state index contributed by atoms with van der Waals surface area (Å²) in [7, 11) is 2.07. The van der Waals surface area contributed by atoms with E-state index in [4.69, 9.17) is 4.74 Å². The highest BCUT2D eigenvalue weighted by Crippen LogP contribution is 2.47. The average molecular weight is 533 g/mol. The fraction of sp³-hybridized carbons (Fsp3) is 0.571. The van der Waals surface area contributed by atoms with E-state index < -0.39 is 35.4 Å². The maximum atomic E-state index is 14.8. The zero-order valence-electron chi connectivity index (χ0n) is 22.1. The predicted octanol–water partition coefficient (Wildman–Crippen LogP) is 4.52. The van der Waals surface area contributed by atoms with Crippen LogP contribution in [0.5, 0.6) is 0 Å². The summed E-state index contributed by atoms with van der Waals surface area (Å²) in [5.74, 6) is -0.623. The van der Waals surface area contributed by atoms with Crippen LogP contribution in [0.25, 0.3) is 0 Å². The van der Waals surface area contributed by atoms with Crippen LogP contribution in [0.4, 0.5) is 18.9 Å². The predicted molar refractivity (Wildman–Crippen MR) is 138 cm³/mol. The number of pyridine rings is 1. The van der Waals surface area contributed by atoms with E-state index in [1.807, 2.05) is 13.8 Å². The second-order valence-electron chi connectivity index (χ2n) is 11.6. The van der Waals surface area contributed by atoms with Crippen LogP contribution in [-0.2, 0) is 4.74 Å². The molecule has 5 rings (SSSR count). The molecule has 2 saturated heterocycles. The summed E-state index contributed by atoms with van der Waals surface area (Å²) in [5, 5.41) is 6.19. The first-order valence-corrected chi connectivity index (χ1v) is 13.2. The quantitative estimate of drug-likeness (QED) is 0.549. The number of ether oxygens (including phenoxy) is 1. The Balaban J connectivity index is 1.44. The van der Waals surface area contributed by atoms with Crippen molar-refractivity contribution in [3.8, 4) is 0 Å². The topological polar surface area (TPSA) is 75.6 Å². The lowest BCUT2D eigenvalue weighted by Gasteiger charge is -2.36. The molecule has 1 aromatic heterocycles. The summed E-state index contributed by atoms with van der Waals surface area (Å²) in [4.78, 5) is 29.1. The molecule has 3 fully saturated rings. The molecule has 5 atom stereocenters. The number of carbonyl (C=O) groups excluding carboxylic acids is 1. The summed E-state index contributed by atoms with van der Waals surface area (Å²) in [6.45, 7) is 7.91. The average Bonchev–Trinajstić information content (AvgIpc) is 3.27. The van der Waals surface area contributed by atoms with Crippen molar-refractivity contribution in [2.75, 3.05) is 32.1 Å². The third-order valence-corrected chi connectivity index (χ3v) is 8.20. The first-order chi connectivity index (χ1) is 17.9. The molecule has 2 aromatic rings. The Bertz CT molecular complexity index is 1270. The molecule has 0 bridgehead atoms. The highest BCUT2D eigenvalue weighted by molar-refractivity contribution is 5.99. The van der Waals surface area contributed by atoms with Gasteiger partial charge < -0.3 is 24.8 Å². The van der Waals surface area contributed by atoms with Gasteiger partial charge in [-0.2, -0.15) is 0 Å². The van der Waals surface area contributed by atoms with Crippen LogP contribution < -0.4 is 16.2 Å². The molecule has 3 heterocycles. The van der Waals surface area contributed by atoms with Gasteiger partial charge >= 0.3 is 0 Å². The van der Waals surface area contributed by atoms with E-state index in [0.29, 0.717) is 37.0 Å². The molecule has 2 unspecified atom stereocenters. The number of halogens is 3. The van der Waals surface area contributed by atoms with Gasteiger partial charge in [0.25, 0.3) is 17.9 Å². The molecular weight excluding hydrogens is 497 g/mol. The lowest BCUT2D eigenvalue weighted by Crippen LogP contribution is -2.39. The largest absolute Gasteiger partial charge is 0.381 e. The molecule has 1 amide bonds. The Hall–Kier alpha value is -2.85. The Morgan fingerprint density at radius 3 is 2.53 bits per heavy atom. The van der Waals surface area contributed by atoms with Crippen LogP contribution >= 0.6 is 0 Å². The number of nitrogens with one attached hydrogen (secondary N) is 2. The Kier molecular flexibility index (Phi) is 7.06. The SMILES string of the molecule is C[C@@H](NC(=O)c1cn(C2CCOC(C)(C)C2)c(=O)cc1NC1[C@H]2CN(C)C[C@@H]12)c1cccc(C(F)F)c1F. The van der Waals surface area contributed by atoms with Gasteiger partial charge in [0.05, 0.1) is 28.5 Å². The number of piperidine rings is 1. The minimum atomic E-state index is -2.96. The van der Waals surface area contributed by atoms with Crippen molar-refractivity contribution >= 4 is 11.6 Å². The highest BCUT2D eigenvalue weighted by atomic mass is 19.3. The number of rotatable bonds is 7. The van der Waals surface area contributed by atoms with Gasteiger partial charge in [-0.15, -0.1) is 0 Å². The maximum Gasteiger partial charge on any atom is 0.266 e. The van der Waals surface area contributed by atoms with Gasteiger partial charge in [0.15, 0.2) is 0 Å². The van der Waals surface area contributed by atoms with E-state index in [1.54, 1.807) is 17.7 Å². The summed E-state index contributed by atoms with van der Waals surface area (Å²) in [6.07, 6.45) is -0.132. The molecule has 10 heteroatoms. The summed E-state index contributed by atoms with van der Waals surface area (Å²) in [5.41, 5.74) is -0.633. The second kappa shape index (κ2) is 10.0. The Morgan fingerprint density at radius 1 is 1.18 bits per heavy atom. The fourth-order valence-corrected chi connectivity index (χ4v) is 6.13. The van der Waals surface area contributed by atoms with Crippen molar-refractivity contribution in [3.63, 3.8) is 0 Å². The number of benzene rings is 1. The minimum Gasteiger partial charge on any atom is -0.381 e. The maximum absolute atomic E-state index is 14.8. The number of anilines is 1. The molecule has 1 saturated carbocycles. The van der Waals surface area contributed by atoms with Crippen LogP contribution in [0, 0.1) is 17.7 Å². The molecule has 206 valence electrons. The standard InChI is InChI=1S/C28H35F3N4O3/c1-15(17-6-5-7-18(24(17)29)26(30)31)32-27(37)21-14-35(16-8-9-38-28(2,3)11-16)23(36)10-22(21)33-25-19-12-34(4)13-20(19)25/h5-7,10,14-16,19-20,25-26,33H,8-9,11-13H2,1-4H3,(H,32,37)/t15-,16?,19-,20+,25?/m1/s1. The number of aromatic nitrogens is 1. The van der Waals surface area contributed by atoms with Gasteiger partial charge in [0.2, 0.25) is 0 Å². The monoisotopic (exact) mass is 532 g/mol. The lowest BCUT2D eigenvalue weighted by atomic mass is 9.93. The molecule has 0 spiro atoms. The van der Waals surface area contributed by atoms with Crippen LogP contribution in [0.3, 0.4) is 0 Å². The number of fused-ring (bicyclic) bond motifs is 1. The van der Waals surface area contributed by atoms with E-state index in [1.165, 1.54) is 18.2 Å². The molecule has 7 nitrogen and oxygen atoms in total. The molecular formula is C28H35F3N4O3. The minimum absolute atomic E-state index is 0.0232. The van der Waals surface area contributed by atoms with Gasteiger partial charge in [0, 0.05) is 49.6 Å². The van der Waals surface area contributed by atoms with E-state index in [2.05, 4.69) is 22.6 Å². The van der Waals surface area contributed by atoms with Gasteiger partial charge in [-0.1, -0.05) is 18.2 Å². The highest BCUT2D eigenvalue weighted by Gasteiger charge is 2.55. The summed E-state index contributed by atoms with van der Waals surface area (Å²) in [6, 6.07) is 4.41. The fourth-order valence-electron chi connectivity index (χ4n) is 6.13. The van der Waals surface area contributed by atoms with Crippen molar-refractivity contribution in [1.29, 1.82) is 0 Å². The van der Waals surface area contributed by atoms with Gasteiger partial charge in [-0.25, -0.2) is 13.2 Å². The third-order valence-electron chi connectivity index (χ3n) is 8.20. The molecule has 0 radical (unpaired) electrons. The molecule has 1 aliphatic carbocycles. The Labute approximate surface area is 220 Å². The number of likely N-dealkylation sites (tertiary alicyclic amines) is 1. The molecule has 2 aliphatic heterocycles. The van der Waals surface area contributed by atoms with Crippen LogP contribution in [0.1, 0.15) is 73.6 Å². The number of hydrogen-bond donors (Lipinski definition) is 2. The molecule has 1 aromatic carbocycles. The Morgan fingerprint density at radius 2 is 1.87 bits per heavy atom. The number of alkyl halides is 2. The van der Waals surface area contributed by atoms with E-state index >= 15 is 0 Å². The number of nitrogens with zero attached hydrogens (tertiary/aromatic N) is 2. The van der Waals surface area contributed by atoms with Crippen LogP contribution in [-0.4, -0.2) is 53.8 Å². The molecule has 3 aliphatic rings. The van der Waals surface area contributed by atoms with E-state index in [-0.39, 0.29) is 28.8 Å². The first kappa shape index (κ1) is 26.7. The number of hydrogen-bond acceptors (Lipinski definition) is 5. The van der Waals surface area contributed by atoms with Gasteiger partial charge in [-0.05, 0) is 52.5 Å². The van der Waals surface area contributed by atoms with Crippen LogP contribution in [0.15, 0.2) is 35.3 Å². The number of carbonyl (C=O) groups is 1. The van der Waals surface area contributed by atoms with Crippen molar-refractivity contribution in [2.24, 2.45) is 11.8 Å². The first-order valence-electron chi connectivity index (χ1n) is 13.2. The van der Waals surface area contributed by atoms with Crippen LogP contribution in [0.2, 0.25) is 0 Å². The van der Waals surface area contributed by atoms with Crippen molar-refractivity contribution in [3.05, 3.63) is 63.3 Å². The van der Waals surface area contributed by atoms with Crippen molar-refractivity contribution < 1.29 is 22.7 Å². The zero-order valence-corrected chi connectivity index (χ0v) is 22.1. The second-order valence-corrected chi connectivity index (χ2v) is 11.6. The van der Waals surface area contributed by atoms with Gasteiger partial charge in [0.1, 0.15) is 5.82 Å². The number of amides is 1.